The van der Waals surface area contributed by atoms with E-state index in [0.29, 0.717) is 34.1 Å². The van der Waals surface area contributed by atoms with Crippen LogP contribution in [0.25, 0.3) is 5.76 Å². The van der Waals surface area contributed by atoms with Crippen molar-refractivity contribution in [2.75, 3.05) is 26.2 Å². The van der Waals surface area contributed by atoms with Gasteiger partial charge in [0.25, 0.3) is 5.78 Å². The average Bonchev–Trinajstić information content (AvgIpc) is 3.38. The topological polar surface area (TPSA) is 111 Å². The summed E-state index contributed by atoms with van der Waals surface area (Å²) < 4.78 is 21.2. The van der Waals surface area contributed by atoms with E-state index in [-0.39, 0.29) is 17.2 Å². The first-order chi connectivity index (χ1) is 15.9. The molecule has 2 heterocycles. The van der Waals surface area contributed by atoms with Crippen LogP contribution in [0.4, 0.5) is 5.82 Å². The number of ketones is 1. The molecule has 0 spiro atoms. The molecule has 9 nitrogen and oxygen atoms in total. The number of aliphatic hydroxyl groups excluding tert-OH is 1. The van der Waals surface area contributed by atoms with Crippen molar-refractivity contribution >= 4 is 23.3 Å². The van der Waals surface area contributed by atoms with Crippen molar-refractivity contribution in [2.24, 2.45) is 0 Å². The van der Waals surface area contributed by atoms with Crippen LogP contribution in [0, 0.1) is 6.92 Å². The molecule has 0 aliphatic carbocycles. The van der Waals surface area contributed by atoms with Gasteiger partial charge in [0, 0.05) is 17.2 Å². The number of carbonyl (C=O) groups is 2. The van der Waals surface area contributed by atoms with Crippen LogP contribution in [0.5, 0.6) is 17.2 Å². The van der Waals surface area contributed by atoms with Crippen LogP contribution in [-0.4, -0.2) is 43.3 Å². The molecule has 1 atom stereocenters. The van der Waals surface area contributed by atoms with Gasteiger partial charge in [-0.1, -0.05) is 5.16 Å². The number of hydrogen-bond acceptors (Lipinski definition) is 8. The maximum absolute atomic E-state index is 13.2. The molecular formula is C24H22N2O7. The van der Waals surface area contributed by atoms with E-state index in [2.05, 4.69) is 5.16 Å². The Morgan fingerprint density at radius 2 is 1.64 bits per heavy atom. The lowest BCUT2D eigenvalue weighted by molar-refractivity contribution is -0.132. The first-order valence-electron chi connectivity index (χ1n) is 10.00. The molecule has 1 saturated heterocycles. The molecule has 4 rings (SSSR count). The lowest BCUT2D eigenvalue weighted by Gasteiger charge is -2.24. The predicted molar refractivity (Wildman–Crippen MR) is 119 cm³/mol. The highest BCUT2D eigenvalue weighted by Crippen LogP contribution is 2.45. The zero-order valence-electron chi connectivity index (χ0n) is 18.5. The lowest BCUT2D eigenvalue weighted by Crippen LogP contribution is -2.30. The molecule has 170 valence electrons. The van der Waals surface area contributed by atoms with Crippen LogP contribution in [0.15, 0.2) is 58.6 Å². The second-order valence-electron chi connectivity index (χ2n) is 7.30. The van der Waals surface area contributed by atoms with E-state index < -0.39 is 17.7 Å². The smallest absolute Gasteiger partial charge is 0.301 e. The maximum atomic E-state index is 13.2. The van der Waals surface area contributed by atoms with Crippen molar-refractivity contribution in [1.82, 2.24) is 5.16 Å². The number of benzene rings is 2. The Kier molecular flexibility index (Phi) is 5.78. The molecule has 2 aromatic carbocycles. The predicted octanol–water partition coefficient (Wildman–Crippen LogP) is 3.64. The number of Topliss-reactive ketones (excluding diaryl/α,β-unsaturated/α-hetero) is 1. The van der Waals surface area contributed by atoms with Crippen LogP contribution in [-0.2, 0) is 9.59 Å². The minimum absolute atomic E-state index is 0.114. The molecule has 9 heteroatoms. The van der Waals surface area contributed by atoms with E-state index in [4.69, 9.17) is 18.7 Å². The maximum Gasteiger partial charge on any atom is 0.301 e. The number of aromatic nitrogens is 1. The lowest BCUT2D eigenvalue weighted by atomic mass is 9.94. The number of ether oxygens (including phenoxy) is 3. The van der Waals surface area contributed by atoms with Crippen molar-refractivity contribution in [2.45, 2.75) is 13.0 Å². The van der Waals surface area contributed by atoms with Gasteiger partial charge in [0.15, 0.2) is 5.82 Å². The standard InChI is InChI=1S/C24H22N2O7/c1-13-11-19(25-33-13)26-21(17-12-16(31-3)9-10-18(17)32-4)20(23(28)24(26)29)22(27)14-5-7-15(30-2)8-6-14/h5-12,21,27H,1-4H3/b22-20+/t21-/m0/s1. The Balaban J connectivity index is 1.98. The highest BCUT2D eigenvalue weighted by atomic mass is 16.5. The Labute approximate surface area is 189 Å². The second kappa shape index (κ2) is 8.70. The molecule has 0 radical (unpaired) electrons. The second-order valence-corrected chi connectivity index (χ2v) is 7.30. The fourth-order valence-corrected chi connectivity index (χ4v) is 3.79. The number of rotatable bonds is 6. The summed E-state index contributed by atoms with van der Waals surface area (Å²) in [7, 11) is 4.50. The fraction of sp³-hybridized carbons (Fsp3) is 0.208. The highest BCUT2D eigenvalue weighted by molar-refractivity contribution is 6.51. The number of aryl methyl sites for hydroxylation is 1. The fourth-order valence-electron chi connectivity index (χ4n) is 3.79. The number of anilines is 1. The molecule has 1 amide bonds. The van der Waals surface area contributed by atoms with E-state index in [1.165, 1.54) is 32.3 Å². The molecular weight excluding hydrogens is 428 g/mol. The minimum atomic E-state index is -1.04. The third-order valence-electron chi connectivity index (χ3n) is 5.40. The van der Waals surface area contributed by atoms with E-state index in [1.807, 2.05) is 0 Å². The molecule has 1 fully saturated rings. The van der Waals surface area contributed by atoms with Crippen LogP contribution in [0.3, 0.4) is 0 Å². The van der Waals surface area contributed by atoms with E-state index in [1.54, 1.807) is 49.4 Å². The summed E-state index contributed by atoms with van der Waals surface area (Å²) in [6.07, 6.45) is 0. The first-order valence-corrected chi connectivity index (χ1v) is 10.00. The molecule has 0 saturated carbocycles. The summed E-state index contributed by atoms with van der Waals surface area (Å²) in [6, 6.07) is 12.0. The Hall–Kier alpha value is -4.27. The van der Waals surface area contributed by atoms with Crippen LogP contribution >= 0.6 is 0 Å². The average molecular weight is 450 g/mol. The van der Waals surface area contributed by atoms with Gasteiger partial charge in [0.05, 0.1) is 26.9 Å². The van der Waals surface area contributed by atoms with Crippen molar-refractivity contribution < 1.29 is 33.4 Å². The Bertz CT molecular complexity index is 1240. The SMILES string of the molecule is COc1ccc(/C(O)=C2\C(=O)C(=O)N(c3cc(C)on3)[C@H]2c2cc(OC)ccc2OC)cc1. The molecule has 3 aromatic rings. The molecule has 1 aromatic heterocycles. The quantitative estimate of drug-likeness (QED) is 0.344. The minimum Gasteiger partial charge on any atom is -0.507 e. The third kappa shape index (κ3) is 3.78. The van der Waals surface area contributed by atoms with Gasteiger partial charge < -0.3 is 23.8 Å². The molecule has 0 bridgehead atoms. The van der Waals surface area contributed by atoms with Crippen molar-refractivity contribution in [3.05, 3.63) is 71.0 Å². The zero-order valence-corrected chi connectivity index (χ0v) is 18.5. The summed E-state index contributed by atoms with van der Waals surface area (Å²) in [5.41, 5.74) is 0.668. The molecule has 1 aliphatic rings. The summed E-state index contributed by atoms with van der Waals surface area (Å²) in [6.45, 7) is 1.67. The van der Waals surface area contributed by atoms with Gasteiger partial charge in [-0.05, 0) is 49.4 Å². The van der Waals surface area contributed by atoms with Crippen molar-refractivity contribution in [3.8, 4) is 17.2 Å². The third-order valence-corrected chi connectivity index (χ3v) is 5.40. The summed E-state index contributed by atoms with van der Waals surface area (Å²) >= 11 is 0. The number of carbonyl (C=O) groups excluding carboxylic acids is 2. The van der Waals surface area contributed by atoms with Gasteiger partial charge in [-0.3, -0.25) is 14.5 Å². The number of amides is 1. The van der Waals surface area contributed by atoms with Crippen LogP contribution < -0.4 is 19.1 Å². The van der Waals surface area contributed by atoms with Crippen LogP contribution in [0.2, 0.25) is 0 Å². The monoisotopic (exact) mass is 450 g/mol. The summed E-state index contributed by atoms with van der Waals surface area (Å²) in [4.78, 5) is 27.5. The van der Waals surface area contributed by atoms with Gasteiger partial charge >= 0.3 is 5.91 Å². The highest BCUT2D eigenvalue weighted by Gasteiger charge is 2.49. The first kappa shape index (κ1) is 21.9. The molecule has 33 heavy (non-hydrogen) atoms. The van der Waals surface area contributed by atoms with Gasteiger partial charge in [0.1, 0.15) is 34.8 Å². The van der Waals surface area contributed by atoms with Gasteiger partial charge in [-0.15, -0.1) is 0 Å². The Morgan fingerprint density at radius 1 is 0.970 bits per heavy atom. The normalized spacial score (nSPS) is 17.3. The van der Waals surface area contributed by atoms with Gasteiger partial charge in [0.2, 0.25) is 0 Å². The zero-order chi connectivity index (χ0) is 23.7. The van der Waals surface area contributed by atoms with Gasteiger partial charge in [-0.2, -0.15) is 0 Å². The van der Waals surface area contributed by atoms with E-state index in [0.717, 1.165) is 0 Å². The van der Waals surface area contributed by atoms with Crippen molar-refractivity contribution in [3.63, 3.8) is 0 Å². The Morgan fingerprint density at radius 3 is 2.21 bits per heavy atom. The summed E-state index contributed by atoms with van der Waals surface area (Å²) in [5.74, 6) is -0.000794. The molecule has 1 aliphatic heterocycles. The molecule has 0 unspecified atom stereocenters. The largest absolute Gasteiger partial charge is 0.507 e. The number of nitrogens with zero attached hydrogens (tertiary/aromatic N) is 2. The van der Waals surface area contributed by atoms with E-state index >= 15 is 0 Å². The summed E-state index contributed by atoms with van der Waals surface area (Å²) in [5, 5.41) is 15.1. The number of hydrogen-bond donors (Lipinski definition) is 1. The number of aliphatic hydroxyl groups is 1. The van der Waals surface area contributed by atoms with E-state index in [9.17, 15) is 14.7 Å². The number of methoxy groups -OCH3 is 3. The van der Waals surface area contributed by atoms with Gasteiger partial charge in [-0.25, -0.2) is 0 Å². The van der Waals surface area contributed by atoms with Crippen molar-refractivity contribution in [1.29, 1.82) is 0 Å². The van der Waals surface area contributed by atoms with Crippen LogP contribution in [0.1, 0.15) is 22.9 Å². The molecule has 1 N–H and O–H groups in total.